The van der Waals surface area contributed by atoms with Crippen molar-refractivity contribution >= 4 is 23.3 Å². The highest BCUT2D eigenvalue weighted by atomic mass is 16.5. The Morgan fingerprint density at radius 1 is 1.29 bits per heavy atom. The summed E-state index contributed by atoms with van der Waals surface area (Å²) in [5.41, 5.74) is 4.06. The van der Waals surface area contributed by atoms with Gasteiger partial charge in [-0.05, 0) is 36.6 Å². The largest absolute Gasteiger partial charge is 0.465 e. The predicted molar refractivity (Wildman–Crippen MR) is 124 cm³/mol. The van der Waals surface area contributed by atoms with Gasteiger partial charge in [0.15, 0.2) is 0 Å². The summed E-state index contributed by atoms with van der Waals surface area (Å²) in [7, 11) is 0. The molecule has 1 aromatic carbocycles. The van der Waals surface area contributed by atoms with E-state index in [0.29, 0.717) is 60.2 Å². The average molecular weight is 471 g/mol. The van der Waals surface area contributed by atoms with E-state index in [1.165, 1.54) is 11.1 Å². The second kappa shape index (κ2) is 8.90. The number of carboxylic acid groups (broad SMARTS) is 1. The van der Waals surface area contributed by atoms with E-state index >= 15 is 0 Å². The Morgan fingerprint density at radius 3 is 2.89 bits per heavy atom. The maximum atomic E-state index is 13.1. The third-order valence-electron chi connectivity index (χ3n) is 6.01. The first-order valence-electron chi connectivity index (χ1n) is 11.0. The van der Waals surface area contributed by atoms with Crippen LogP contribution in [0.25, 0.3) is 17.0 Å². The number of hydrogen-bond acceptors (Lipinski definition) is 7. The van der Waals surface area contributed by atoms with Gasteiger partial charge in [-0.2, -0.15) is 10.2 Å². The summed E-state index contributed by atoms with van der Waals surface area (Å²) < 4.78 is 7.06. The Bertz CT molecular complexity index is 1480. The summed E-state index contributed by atoms with van der Waals surface area (Å²) in [6.45, 7) is 2.53. The van der Waals surface area contributed by atoms with Gasteiger partial charge < -0.3 is 19.8 Å². The van der Waals surface area contributed by atoms with Crippen molar-refractivity contribution in [2.45, 2.75) is 25.7 Å². The molecule has 4 aromatic rings. The first kappa shape index (κ1) is 22.1. The number of nitrogens with one attached hydrogen (secondary N) is 1. The minimum absolute atomic E-state index is 0.120. The lowest BCUT2D eigenvalue weighted by Gasteiger charge is -2.34. The summed E-state index contributed by atoms with van der Waals surface area (Å²) in [6, 6.07) is 11.3. The number of rotatable bonds is 6. The van der Waals surface area contributed by atoms with E-state index in [2.05, 4.69) is 26.5 Å². The van der Waals surface area contributed by atoms with Crippen molar-refractivity contribution in [2.75, 3.05) is 18.4 Å². The SMILES string of the molecule is Cc1ccc(-c2noc(C3CN(C(=O)O)C3)n2)cc1NC(=O)c1cnc2ccc(CCC#N)cn12. The second-order valence-corrected chi connectivity index (χ2v) is 8.39. The Morgan fingerprint density at radius 2 is 2.11 bits per heavy atom. The number of aryl methyl sites for hydroxylation is 2. The average Bonchev–Trinajstić information content (AvgIpc) is 3.45. The number of anilines is 1. The summed E-state index contributed by atoms with van der Waals surface area (Å²) in [5.74, 6) is 0.306. The molecule has 1 aliphatic rings. The van der Waals surface area contributed by atoms with Gasteiger partial charge in [-0.25, -0.2) is 9.78 Å². The fourth-order valence-electron chi connectivity index (χ4n) is 3.93. The third kappa shape index (κ3) is 4.29. The third-order valence-corrected chi connectivity index (χ3v) is 6.01. The predicted octanol–water partition coefficient (Wildman–Crippen LogP) is 3.48. The van der Waals surface area contributed by atoms with E-state index in [-0.39, 0.29) is 11.8 Å². The molecule has 1 saturated heterocycles. The summed E-state index contributed by atoms with van der Waals surface area (Å²) in [4.78, 5) is 34.1. The number of imidazole rings is 1. The molecule has 4 heterocycles. The lowest BCUT2D eigenvalue weighted by molar-refractivity contribution is 0.0958. The van der Waals surface area contributed by atoms with Gasteiger partial charge in [0.1, 0.15) is 11.3 Å². The number of amides is 2. The van der Waals surface area contributed by atoms with Crippen molar-refractivity contribution < 1.29 is 19.2 Å². The highest BCUT2D eigenvalue weighted by Gasteiger charge is 2.35. The van der Waals surface area contributed by atoms with E-state index < -0.39 is 6.09 Å². The molecule has 11 nitrogen and oxygen atoms in total. The van der Waals surface area contributed by atoms with Gasteiger partial charge in [0, 0.05) is 37.0 Å². The van der Waals surface area contributed by atoms with E-state index in [9.17, 15) is 9.59 Å². The quantitative estimate of drug-likeness (QED) is 0.434. The van der Waals surface area contributed by atoms with Crippen LogP contribution in [-0.2, 0) is 6.42 Å². The molecule has 5 rings (SSSR count). The van der Waals surface area contributed by atoms with E-state index in [0.717, 1.165) is 11.1 Å². The molecule has 1 fully saturated rings. The zero-order valence-corrected chi connectivity index (χ0v) is 18.8. The van der Waals surface area contributed by atoms with Gasteiger partial charge >= 0.3 is 6.09 Å². The highest BCUT2D eigenvalue weighted by Crippen LogP contribution is 2.29. The molecule has 0 spiro atoms. The fraction of sp³-hybridized carbons (Fsp3) is 0.250. The zero-order chi connectivity index (χ0) is 24.5. The number of pyridine rings is 1. The van der Waals surface area contributed by atoms with Crippen LogP contribution in [0.2, 0.25) is 0 Å². The molecule has 0 atom stereocenters. The normalized spacial score (nSPS) is 13.4. The maximum Gasteiger partial charge on any atom is 0.407 e. The highest BCUT2D eigenvalue weighted by molar-refractivity contribution is 6.04. The van der Waals surface area contributed by atoms with Crippen LogP contribution in [0.15, 0.2) is 47.2 Å². The second-order valence-electron chi connectivity index (χ2n) is 8.39. The molecule has 0 aliphatic carbocycles. The molecular weight excluding hydrogens is 450 g/mol. The molecule has 2 amide bonds. The van der Waals surface area contributed by atoms with Gasteiger partial charge in [0.05, 0.1) is 18.2 Å². The smallest absolute Gasteiger partial charge is 0.407 e. The Labute approximate surface area is 199 Å². The van der Waals surface area contributed by atoms with Crippen molar-refractivity contribution in [3.05, 3.63) is 65.4 Å². The first-order chi connectivity index (χ1) is 16.9. The van der Waals surface area contributed by atoms with Gasteiger partial charge in [0.2, 0.25) is 11.7 Å². The minimum Gasteiger partial charge on any atom is -0.465 e. The van der Waals surface area contributed by atoms with Crippen molar-refractivity contribution in [2.24, 2.45) is 0 Å². The number of benzene rings is 1. The van der Waals surface area contributed by atoms with Gasteiger partial charge in [0.25, 0.3) is 5.91 Å². The lowest BCUT2D eigenvalue weighted by Crippen LogP contribution is -2.47. The minimum atomic E-state index is -0.968. The van der Waals surface area contributed by atoms with Crippen molar-refractivity contribution in [1.29, 1.82) is 5.26 Å². The molecule has 0 saturated carbocycles. The van der Waals surface area contributed by atoms with Crippen molar-refractivity contribution in [1.82, 2.24) is 24.4 Å². The number of carbonyl (C=O) groups is 2. The van der Waals surface area contributed by atoms with Crippen LogP contribution in [0.3, 0.4) is 0 Å². The molecule has 0 bridgehead atoms. The Balaban J connectivity index is 1.35. The monoisotopic (exact) mass is 471 g/mol. The lowest BCUT2D eigenvalue weighted by atomic mass is 10.0. The number of nitrogens with zero attached hydrogens (tertiary/aromatic N) is 6. The van der Waals surface area contributed by atoms with Crippen molar-refractivity contribution in [3.8, 4) is 17.5 Å². The Hall–Kier alpha value is -4.72. The topological polar surface area (TPSA) is 150 Å². The van der Waals surface area contributed by atoms with Crippen LogP contribution in [0, 0.1) is 18.3 Å². The van der Waals surface area contributed by atoms with Gasteiger partial charge in [-0.3, -0.25) is 9.20 Å². The summed E-state index contributed by atoms with van der Waals surface area (Å²) >= 11 is 0. The van der Waals surface area contributed by atoms with Gasteiger partial charge in [-0.1, -0.05) is 23.4 Å². The molecule has 11 heteroatoms. The molecule has 3 aromatic heterocycles. The number of aromatic nitrogens is 4. The van der Waals surface area contributed by atoms with E-state index in [1.54, 1.807) is 10.5 Å². The molecular formula is C24H21N7O4. The molecule has 1 aliphatic heterocycles. The van der Waals surface area contributed by atoms with E-state index in [1.807, 2.05) is 37.4 Å². The summed E-state index contributed by atoms with van der Waals surface area (Å²) in [5, 5.41) is 24.8. The maximum absolute atomic E-state index is 13.1. The number of likely N-dealkylation sites (tertiary alicyclic amines) is 1. The number of carbonyl (C=O) groups excluding carboxylic acids is 1. The number of nitriles is 1. The van der Waals surface area contributed by atoms with Crippen LogP contribution in [0.1, 0.15) is 39.8 Å². The number of hydrogen-bond donors (Lipinski definition) is 2. The molecule has 0 radical (unpaired) electrons. The van der Waals surface area contributed by atoms with Crippen molar-refractivity contribution in [3.63, 3.8) is 0 Å². The van der Waals surface area contributed by atoms with Gasteiger partial charge in [-0.15, -0.1) is 0 Å². The molecule has 35 heavy (non-hydrogen) atoms. The zero-order valence-electron chi connectivity index (χ0n) is 18.8. The van der Waals surface area contributed by atoms with Crippen LogP contribution in [0.5, 0.6) is 0 Å². The molecule has 176 valence electrons. The van der Waals surface area contributed by atoms with Crippen LogP contribution < -0.4 is 5.32 Å². The molecule has 2 N–H and O–H groups in total. The van der Waals surface area contributed by atoms with Crippen LogP contribution in [0.4, 0.5) is 10.5 Å². The fourth-order valence-corrected chi connectivity index (χ4v) is 3.93. The van der Waals surface area contributed by atoms with E-state index in [4.69, 9.17) is 14.9 Å². The standard InChI is InChI=1S/C24H21N7O4/c1-14-4-6-16(21-28-23(35-29-21)17-12-30(13-17)24(33)34)9-18(14)27-22(32)19-10-26-20-7-5-15(3-2-8-25)11-31(19)20/h4-7,9-11,17H,2-3,12-13H2,1H3,(H,27,32)(H,33,34). The Kier molecular flexibility index (Phi) is 5.62. The van der Waals surface area contributed by atoms with Crippen LogP contribution in [-0.4, -0.2) is 54.6 Å². The first-order valence-corrected chi connectivity index (χ1v) is 11.0. The number of fused-ring (bicyclic) bond motifs is 1. The summed E-state index contributed by atoms with van der Waals surface area (Å²) in [6.07, 6.45) is 3.36. The van der Waals surface area contributed by atoms with Crippen LogP contribution >= 0.6 is 0 Å². The molecule has 0 unspecified atom stereocenters.